The van der Waals surface area contributed by atoms with Crippen LogP contribution in [0.25, 0.3) is 10.8 Å². The van der Waals surface area contributed by atoms with Crippen LogP contribution in [-0.2, 0) is 6.54 Å². The fourth-order valence-electron chi connectivity index (χ4n) is 1.42. The molecule has 0 aliphatic rings. The van der Waals surface area contributed by atoms with Crippen LogP contribution in [0.15, 0.2) is 36.4 Å². The molecule has 2 heteroatoms. The minimum absolute atomic E-state index is 0.490. The lowest BCUT2D eigenvalue weighted by Crippen LogP contribution is -1.96. The zero-order chi connectivity index (χ0) is 9.26. The Morgan fingerprint density at radius 3 is 2.31 bits per heavy atom. The molecule has 0 amide bonds. The van der Waals surface area contributed by atoms with Crippen LogP contribution in [0.1, 0.15) is 5.56 Å². The van der Waals surface area contributed by atoms with Gasteiger partial charge in [0.15, 0.2) is 0 Å². The molecule has 0 spiro atoms. The van der Waals surface area contributed by atoms with Crippen LogP contribution in [-0.4, -0.2) is 0 Å². The van der Waals surface area contributed by atoms with Gasteiger partial charge in [-0.1, -0.05) is 35.9 Å². The molecule has 1 nitrogen and oxygen atoms in total. The zero-order valence-electron chi connectivity index (χ0n) is 7.13. The van der Waals surface area contributed by atoms with Gasteiger partial charge in [0.05, 0.1) is 0 Å². The summed E-state index contributed by atoms with van der Waals surface area (Å²) in [6.07, 6.45) is 0. The number of fused-ring (bicyclic) bond motifs is 1. The van der Waals surface area contributed by atoms with Gasteiger partial charge in [0.25, 0.3) is 0 Å². The Bertz CT molecular complexity index is 437. The highest BCUT2D eigenvalue weighted by atomic mass is 35.5. The average molecular weight is 192 g/mol. The van der Waals surface area contributed by atoms with Gasteiger partial charge in [0.1, 0.15) is 0 Å². The van der Waals surface area contributed by atoms with E-state index >= 15 is 0 Å². The van der Waals surface area contributed by atoms with Crippen molar-refractivity contribution in [3.63, 3.8) is 0 Å². The highest BCUT2D eigenvalue weighted by Gasteiger charge is 2.00. The summed E-state index contributed by atoms with van der Waals surface area (Å²) >= 11 is 6.02. The van der Waals surface area contributed by atoms with E-state index in [1.165, 1.54) is 5.39 Å². The molecule has 0 aliphatic heterocycles. The molecule has 0 aliphatic carbocycles. The first kappa shape index (κ1) is 8.54. The zero-order valence-corrected chi connectivity index (χ0v) is 7.88. The molecule has 0 unspecified atom stereocenters. The van der Waals surface area contributed by atoms with E-state index in [2.05, 4.69) is 6.07 Å². The highest BCUT2D eigenvalue weighted by Crippen LogP contribution is 2.23. The van der Waals surface area contributed by atoms with Crippen molar-refractivity contribution in [2.24, 2.45) is 5.73 Å². The fraction of sp³-hybridized carbons (Fsp3) is 0.0909. The molecule has 0 saturated carbocycles. The maximum Gasteiger partial charge on any atom is 0.0457 e. The molecule has 0 heterocycles. The van der Waals surface area contributed by atoms with Crippen molar-refractivity contribution >= 4 is 22.4 Å². The summed E-state index contributed by atoms with van der Waals surface area (Å²) in [5.41, 5.74) is 6.56. The van der Waals surface area contributed by atoms with Crippen LogP contribution < -0.4 is 5.73 Å². The van der Waals surface area contributed by atoms with Crippen LogP contribution in [0.4, 0.5) is 0 Å². The first-order valence-corrected chi connectivity index (χ1v) is 4.56. The van der Waals surface area contributed by atoms with Crippen molar-refractivity contribution < 1.29 is 0 Å². The fourth-order valence-corrected chi connectivity index (χ4v) is 1.67. The summed E-state index contributed by atoms with van der Waals surface area (Å²) in [4.78, 5) is 0. The Morgan fingerprint density at radius 2 is 1.69 bits per heavy atom. The normalized spacial score (nSPS) is 10.6. The lowest BCUT2D eigenvalue weighted by Gasteiger charge is -2.03. The Morgan fingerprint density at radius 1 is 1.08 bits per heavy atom. The quantitative estimate of drug-likeness (QED) is 0.737. The van der Waals surface area contributed by atoms with Crippen molar-refractivity contribution in [3.05, 3.63) is 47.0 Å². The molecule has 2 N–H and O–H groups in total. The van der Waals surface area contributed by atoms with E-state index in [1.807, 2.05) is 30.3 Å². The standard InChI is InChI=1S/C11H10ClN/c12-11-6-9-4-2-1-3-8(9)5-10(11)7-13/h1-6H,7,13H2. The molecule has 13 heavy (non-hydrogen) atoms. The topological polar surface area (TPSA) is 26.0 Å². The molecule has 2 aromatic rings. The van der Waals surface area contributed by atoms with E-state index in [9.17, 15) is 0 Å². The van der Waals surface area contributed by atoms with Gasteiger partial charge in [-0.25, -0.2) is 0 Å². The molecule has 0 aromatic heterocycles. The molecular weight excluding hydrogens is 182 g/mol. The summed E-state index contributed by atoms with van der Waals surface area (Å²) < 4.78 is 0. The number of nitrogens with two attached hydrogens (primary N) is 1. The molecule has 0 atom stereocenters. The van der Waals surface area contributed by atoms with E-state index in [1.54, 1.807) is 0 Å². The van der Waals surface area contributed by atoms with E-state index in [-0.39, 0.29) is 0 Å². The largest absolute Gasteiger partial charge is 0.326 e. The van der Waals surface area contributed by atoms with Crippen molar-refractivity contribution in [1.29, 1.82) is 0 Å². The summed E-state index contributed by atoms with van der Waals surface area (Å²) in [5, 5.41) is 3.10. The van der Waals surface area contributed by atoms with E-state index in [0.717, 1.165) is 16.0 Å². The summed E-state index contributed by atoms with van der Waals surface area (Å²) in [5.74, 6) is 0. The lowest BCUT2D eigenvalue weighted by atomic mass is 10.1. The Balaban J connectivity index is 2.74. The molecular formula is C11H10ClN. The van der Waals surface area contributed by atoms with Gasteiger partial charge in [0.2, 0.25) is 0 Å². The van der Waals surface area contributed by atoms with E-state index in [0.29, 0.717) is 6.54 Å². The second-order valence-corrected chi connectivity index (χ2v) is 3.40. The van der Waals surface area contributed by atoms with E-state index in [4.69, 9.17) is 17.3 Å². The van der Waals surface area contributed by atoms with E-state index < -0.39 is 0 Å². The molecule has 0 saturated heterocycles. The average Bonchev–Trinajstić information content (AvgIpc) is 2.17. The Hall–Kier alpha value is -1.05. The van der Waals surface area contributed by atoms with Crippen molar-refractivity contribution in [2.45, 2.75) is 6.54 Å². The number of halogens is 1. The van der Waals surface area contributed by atoms with Crippen LogP contribution in [0.2, 0.25) is 5.02 Å². The Labute approximate surface area is 82.1 Å². The third-order valence-electron chi connectivity index (χ3n) is 2.13. The third-order valence-corrected chi connectivity index (χ3v) is 2.49. The molecule has 2 rings (SSSR count). The molecule has 66 valence electrons. The first-order valence-electron chi connectivity index (χ1n) is 4.18. The third kappa shape index (κ3) is 1.53. The summed E-state index contributed by atoms with van der Waals surface area (Å²) in [7, 11) is 0. The summed E-state index contributed by atoms with van der Waals surface area (Å²) in [6.45, 7) is 0.490. The van der Waals surface area contributed by atoms with Crippen LogP contribution in [0, 0.1) is 0 Å². The predicted octanol–water partition coefficient (Wildman–Crippen LogP) is 2.95. The SMILES string of the molecule is NCc1cc2ccccc2cc1Cl. The highest BCUT2D eigenvalue weighted by molar-refractivity contribution is 6.32. The van der Waals surface area contributed by atoms with Gasteiger partial charge < -0.3 is 5.73 Å². The van der Waals surface area contributed by atoms with Gasteiger partial charge in [-0.05, 0) is 28.5 Å². The minimum atomic E-state index is 0.490. The molecule has 0 radical (unpaired) electrons. The molecule has 0 fully saturated rings. The number of rotatable bonds is 1. The maximum absolute atomic E-state index is 6.02. The van der Waals surface area contributed by atoms with Crippen molar-refractivity contribution in [2.75, 3.05) is 0 Å². The monoisotopic (exact) mass is 191 g/mol. The lowest BCUT2D eigenvalue weighted by molar-refractivity contribution is 1.08. The van der Waals surface area contributed by atoms with Gasteiger partial charge in [-0.2, -0.15) is 0 Å². The van der Waals surface area contributed by atoms with Crippen LogP contribution in [0.3, 0.4) is 0 Å². The molecule has 0 bridgehead atoms. The van der Waals surface area contributed by atoms with Gasteiger partial charge in [-0.3, -0.25) is 0 Å². The first-order chi connectivity index (χ1) is 6.31. The Kier molecular flexibility index (Phi) is 2.21. The smallest absolute Gasteiger partial charge is 0.0457 e. The summed E-state index contributed by atoms with van der Waals surface area (Å²) in [6, 6.07) is 12.1. The van der Waals surface area contributed by atoms with Crippen LogP contribution >= 0.6 is 11.6 Å². The molecule has 2 aromatic carbocycles. The second kappa shape index (κ2) is 3.36. The van der Waals surface area contributed by atoms with Gasteiger partial charge in [0, 0.05) is 11.6 Å². The van der Waals surface area contributed by atoms with Gasteiger partial charge in [-0.15, -0.1) is 0 Å². The van der Waals surface area contributed by atoms with Gasteiger partial charge >= 0.3 is 0 Å². The minimum Gasteiger partial charge on any atom is -0.326 e. The van der Waals surface area contributed by atoms with Crippen LogP contribution in [0.5, 0.6) is 0 Å². The maximum atomic E-state index is 6.02. The second-order valence-electron chi connectivity index (χ2n) is 2.99. The van der Waals surface area contributed by atoms with Crippen molar-refractivity contribution in [1.82, 2.24) is 0 Å². The van der Waals surface area contributed by atoms with Crippen molar-refractivity contribution in [3.8, 4) is 0 Å². The number of hydrogen-bond donors (Lipinski definition) is 1. The number of benzene rings is 2. The predicted molar refractivity (Wildman–Crippen MR) is 56.8 cm³/mol. The number of hydrogen-bond acceptors (Lipinski definition) is 1.